The highest BCUT2D eigenvalue weighted by molar-refractivity contribution is 7.10. The third kappa shape index (κ3) is 3.94. The van der Waals surface area contributed by atoms with E-state index in [2.05, 4.69) is 5.32 Å². The van der Waals surface area contributed by atoms with Gasteiger partial charge in [0, 0.05) is 10.8 Å². The summed E-state index contributed by atoms with van der Waals surface area (Å²) >= 11 is 1.67. The largest absolute Gasteiger partial charge is 0.349 e. The summed E-state index contributed by atoms with van der Waals surface area (Å²) in [4.78, 5) is 13.0. The number of hydrogen-bond acceptors (Lipinski definition) is 3. The molecule has 0 fully saturated rings. The fourth-order valence-corrected chi connectivity index (χ4v) is 2.25. The van der Waals surface area contributed by atoms with Gasteiger partial charge in [-0.3, -0.25) is 4.79 Å². The van der Waals surface area contributed by atoms with E-state index in [-0.39, 0.29) is 17.9 Å². The van der Waals surface area contributed by atoms with Crippen LogP contribution in [0.1, 0.15) is 37.6 Å². The minimum atomic E-state index is 0.0472. The van der Waals surface area contributed by atoms with Crippen LogP contribution in [-0.2, 0) is 4.79 Å². The van der Waals surface area contributed by atoms with Crippen molar-refractivity contribution < 1.29 is 4.79 Å². The van der Waals surface area contributed by atoms with E-state index >= 15 is 0 Å². The van der Waals surface area contributed by atoms with E-state index in [9.17, 15) is 4.79 Å². The molecule has 0 aromatic carbocycles. The molecular formula is C12H20N2OS. The van der Waals surface area contributed by atoms with Crippen LogP contribution in [0.25, 0.3) is 0 Å². The van der Waals surface area contributed by atoms with E-state index in [1.807, 2.05) is 31.4 Å². The van der Waals surface area contributed by atoms with Gasteiger partial charge < -0.3 is 11.1 Å². The highest BCUT2D eigenvalue weighted by atomic mass is 32.1. The maximum Gasteiger partial charge on any atom is 0.223 e. The van der Waals surface area contributed by atoms with E-state index in [1.54, 1.807) is 11.3 Å². The van der Waals surface area contributed by atoms with Crippen LogP contribution in [0.4, 0.5) is 0 Å². The van der Waals surface area contributed by atoms with Crippen LogP contribution in [0.2, 0.25) is 0 Å². The number of nitrogens with one attached hydrogen (secondary N) is 1. The van der Waals surface area contributed by atoms with Gasteiger partial charge in [0.15, 0.2) is 0 Å². The second-order valence-corrected chi connectivity index (χ2v) is 5.06. The van der Waals surface area contributed by atoms with Crippen LogP contribution >= 0.6 is 11.3 Å². The van der Waals surface area contributed by atoms with Crippen molar-refractivity contribution >= 4 is 17.2 Å². The monoisotopic (exact) mass is 240 g/mol. The summed E-state index contributed by atoms with van der Waals surface area (Å²) in [6.45, 7) is 4.61. The Morgan fingerprint density at radius 3 is 2.88 bits per heavy atom. The molecule has 16 heavy (non-hydrogen) atoms. The Labute approximate surface area is 101 Å². The number of carbonyl (C=O) groups excluding carboxylic acids is 1. The smallest absolute Gasteiger partial charge is 0.223 e. The SMILES string of the molecule is CC(CCCN)C(=O)NC(C)c1cccs1. The number of amides is 1. The minimum Gasteiger partial charge on any atom is -0.349 e. The highest BCUT2D eigenvalue weighted by Gasteiger charge is 2.15. The summed E-state index contributed by atoms with van der Waals surface area (Å²) in [5, 5.41) is 5.05. The third-order valence-electron chi connectivity index (χ3n) is 2.62. The lowest BCUT2D eigenvalue weighted by Gasteiger charge is -2.16. The molecule has 1 aromatic heterocycles. The first kappa shape index (κ1) is 13.2. The van der Waals surface area contributed by atoms with Gasteiger partial charge in [0.1, 0.15) is 0 Å². The molecule has 0 saturated carbocycles. The normalized spacial score (nSPS) is 14.4. The maximum atomic E-state index is 11.8. The van der Waals surface area contributed by atoms with Gasteiger partial charge in [-0.25, -0.2) is 0 Å². The first-order valence-electron chi connectivity index (χ1n) is 5.69. The van der Waals surface area contributed by atoms with Gasteiger partial charge in [-0.2, -0.15) is 0 Å². The van der Waals surface area contributed by atoms with Gasteiger partial charge in [-0.05, 0) is 37.8 Å². The molecule has 0 aliphatic heterocycles. The van der Waals surface area contributed by atoms with E-state index in [0.29, 0.717) is 6.54 Å². The Bertz CT molecular complexity index is 311. The molecule has 4 heteroatoms. The molecule has 0 radical (unpaired) electrons. The van der Waals surface area contributed by atoms with Crippen molar-refractivity contribution in [1.82, 2.24) is 5.32 Å². The van der Waals surface area contributed by atoms with Gasteiger partial charge in [0.25, 0.3) is 0 Å². The second kappa shape index (κ2) is 6.66. The highest BCUT2D eigenvalue weighted by Crippen LogP contribution is 2.18. The van der Waals surface area contributed by atoms with E-state index in [0.717, 1.165) is 12.8 Å². The first-order chi connectivity index (χ1) is 7.65. The average Bonchev–Trinajstić information content (AvgIpc) is 2.79. The standard InChI is InChI=1S/C12H20N2OS/c1-9(5-3-7-13)12(15)14-10(2)11-6-4-8-16-11/h4,6,8-10H,3,5,7,13H2,1-2H3,(H,14,15). The second-order valence-electron chi connectivity index (χ2n) is 4.08. The average molecular weight is 240 g/mol. The zero-order valence-corrected chi connectivity index (χ0v) is 10.7. The third-order valence-corrected chi connectivity index (χ3v) is 3.67. The van der Waals surface area contributed by atoms with Crippen LogP contribution in [0, 0.1) is 5.92 Å². The van der Waals surface area contributed by atoms with Crippen LogP contribution in [-0.4, -0.2) is 12.5 Å². The van der Waals surface area contributed by atoms with E-state index < -0.39 is 0 Å². The molecule has 90 valence electrons. The van der Waals surface area contributed by atoms with Crippen molar-refractivity contribution in [1.29, 1.82) is 0 Å². The lowest BCUT2D eigenvalue weighted by Crippen LogP contribution is -2.31. The molecule has 1 heterocycles. The lowest BCUT2D eigenvalue weighted by atomic mass is 10.0. The molecule has 0 saturated heterocycles. The molecule has 3 N–H and O–H groups in total. The van der Waals surface area contributed by atoms with Gasteiger partial charge in [0.05, 0.1) is 6.04 Å². The fraction of sp³-hybridized carbons (Fsp3) is 0.583. The first-order valence-corrected chi connectivity index (χ1v) is 6.57. The fourth-order valence-electron chi connectivity index (χ4n) is 1.52. The number of rotatable bonds is 6. The zero-order chi connectivity index (χ0) is 12.0. The lowest BCUT2D eigenvalue weighted by molar-refractivity contribution is -0.125. The predicted molar refractivity (Wildman–Crippen MR) is 68.3 cm³/mol. The topological polar surface area (TPSA) is 55.1 Å². The molecule has 1 amide bonds. The zero-order valence-electron chi connectivity index (χ0n) is 9.90. The molecule has 0 bridgehead atoms. The number of hydrogen-bond donors (Lipinski definition) is 2. The van der Waals surface area contributed by atoms with Gasteiger partial charge in [-0.15, -0.1) is 11.3 Å². The minimum absolute atomic E-state index is 0.0472. The summed E-state index contributed by atoms with van der Waals surface area (Å²) < 4.78 is 0. The predicted octanol–water partition coefficient (Wildman–Crippen LogP) is 2.30. The molecule has 1 rings (SSSR count). The quantitative estimate of drug-likeness (QED) is 0.801. The summed E-state index contributed by atoms with van der Waals surface area (Å²) in [5.41, 5.74) is 5.43. The molecular weight excluding hydrogens is 220 g/mol. The summed E-state index contributed by atoms with van der Waals surface area (Å²) in [5.74, 6) is 0.167. The molecule has 2 unspecified atom stereocenters. The van der Waals surface area contributed by atoms with Crippen molar-refractivity contribution in [3.05, 3.63) is 22.4 Å². The number of nitrogens with two attached hydrogens (primary N) is 1. The Morgan fingerprint density at radius 2 is 2.31 bits per heavy atom. The maximum absolute atomic E-state index is 11.8. The Morgan fingerprint density at radius 1 is 1.56 bits per heavy atom. The van der Waals surface area contributed by atoms with Crippen molar-refractivity contribution in [3.8, 4) is 0 Å². The van der Waals surface area contributed by atoms with Crippen LogP contribution in [0.5, 0.6) is 0 Å². The Balaban J connectivity index is 2.39. The van der Waals surface area contributed by atoms with Crippen molar-refractivity contribution in [2.75, 3.05) is 6.54 Å². The van der Waals surface area contributed by atoms with Crippen molar-refractivity contribution in [2.45, 2.75) is 32.7 Å². The van der Waals surface area contributed by atoms with Crippen molar-refractivity contribution in [3.63, 3.8) is 0 Å². The summed E-state index contributed by atoms with van der Waals surface area (Å²) in [7, 11) is 0. The van der Waals surface area contributed by atoms with Crippen molar-refractivity contribution in [2.24, 2.45) is 11.7 Å². The molecule has 0 aliphatic carbocycles. The van der Waals surface area contributed by atoms with Gasteiger partial charge >= 0.3 is 0 Å². The van der Waals surface area contributed by atoms with E-state index in [4.69, 9.17) is 5.73 Å². The van der Waals surface area contributed by atoms with Gasteiger partial charge in [-0.1, -0.05) is 13.0 Å². The van der Waals surface area contributed by atoms with Gasteiger partial charge in [0.2, 0.25) is 5.91 Å². The Kier molecular flexibility index (Phi) is 5.49. The van der Waals surface area contributed by atoms with Crippen LogP contribution < -0.4 is 11.1 Å². The number of thiophene rings is 1. The summed E-state index contributed by atoms with van der Waals surface area (Å²) in [6.07, 6.45) is 1.77. The molecule has 2 atom stereocenters. The molecule has 1 aromatic rings. The number of carbonyl (C=O) groups is 1. The molecule has 0 aliphatic rings. The molecule has 0 spiro atoms. The van der Waals surface area contributed by atoms with Crippen LogP contribution in [0.3, 0.4) is 0 Å². The van der Waals surface area contributed by atoms with Crippen LogP contribution in [0.15, 0.2) is 17.5 Å². The Hall–Kier alpha value is -0.870. The van der Waals surface area contributed by atoms with E-state index in [1.165, 1.54) is 4.88 Å². The molecule has 3 nitrogen and oxygen atoms in total. The summed E-state index contributed by atoms with van der Waals surface area (Å²) in [6, 6.07) is 4.15.